The molecule has 0 unspecified atom stereocenters. The highest BCUT2D eigenvalue weighted by Crippen LogP contribution is 2.24. The Kier molecular flexibility index (Phi) is 4.43. The second kappa shape index (κ2) is 6.26. The molecule has 0 aliphatic carbocycles. The predicted molar refractivity (Wildman–Crippen MR) is 82.5 cm³/mol. The van der Waals surface area contributed by atoms with E-state index in [1.54, 1.807) is 0 Å². The van der Waals surface area contributed by atoms with E-state index in [-0.39, 0.29) is 0 Å². The monoisotopic (exact) mass is 285 g/mol. The third kappa shape index (κ3) is 3.00. The van der Waals surface area contributed by atoms with E-state index in [4.69, 9.17) is 0 Å². The van der Waals surface area contributed by atoms with Crippen LogP contribution in [0.4, 0.5) is 17.3 Å². The molecule has 0 atom stereocenters. The number of nitrogens with zero attached hydrogens (tertiary/aromatic N) is 3. The highest BCUT2D eigenvalue weighted by molar-refractivity contribution is 7.98. The van der Waals surface area contributed by atoms with Crippen LogP contribution in [0.1, 0.15) is 11.1 Å². The fourth-order valence-electron chi connectivity index (χ4n) is 1.77. The zero-order valence-electron chi connectivity index (χ0n) is 11.6. The Morgan fingerprint density at radius 3 is 2.65 bits per heavy atom. The van der Waals surface area contributed by atoms with Gasteiger partial charge in [0.25, 0.3) is 0 Å². The molecule has 20 heavy (non-hydrogen) atoms. The lowest BCUT2D eigenvalue weighted by Gasteiger charge is -2.11. The van der Waals surface area contributed by atoms with Crippen LogP contribution in [0.5, 0.6) is 0 Å². The molecule has 0 fully saturated rings. The van der Waals surface area contributed by atoms with Crippen LogP contribution in [0.25, 0.3) is 0 Å². The van der Waals surface area contributed by atoms with Crippen molar-refractivity contribution in [2.45, 2.75) is 12.1 Å². The van der Waals surface area contributed by atoms with E-state index < -0.39 is 0 Å². The maximum absolute atomic E-state index is 9.24. The molecule has 2 aromatic rings. The van der Waals surface area contributed by atoms with Crippen molar-refractivity contribution in [1.82, 2.24) is 9.97 Å². The Labute approximate surface area is 122 Å². The Balaban J connectivity index is 2.40. The predicted octanol–water partition coefficient (Wildman–Crippen LogP) is 3.16. The number of nitrogens with one attached hydrogen (secondary N) is 2. The first-order chi connectivity index (χ1) is 9.67. The summed E-state index contributed by atoms with van der Waals surface area (Å²) in [5, 5.41) is 16.1. The number of hydrogen-bond acceptors (Lipinski definition) is 6. The van der Waals surface area contributed by atoms with Crippen molar-refractivity contribution in [3.63, 3.8) is 0 Å². The quantitative estimate of drug-likeness (QED) is 0.664. The highest BCUT2D eigenvalue weighted by Gasteiger charge is 2.08. The smallest absolute Gasteiger partial charge is 0.191 e. The van der Waals surface area contributed by atoms with Gasteiger partial charge in [0.15, 0.2) is 5.16 Å². The van der Waals surface area contributed by atoms with E-state index in [2.05, 4.69) is 26.7 Å². The molecule has 1 aromatic heterocycles. The van der Waals surface area contributed by atoms with Gasteiger partial charge in [0.1, 0.15) is 17.7 Å². The van der Waals surface area contributed by atoms with Crippen molar-refractivity contribution < 1.29 is 0 Å². The average Bonchev–Trinajstić information content (AvgIpc) is 2.47. The Morgan fingerprint density at radius 1 is 1.25 bits per heavy atom. The number of aromatic nitrogens is 2. The lowest BCUT2D eigenvalue weighted by atomic mass is 10.1. The second-order valence-corrected chi connectivity index (χ2v) is 4.88. The van der Waals surface area contributed by atoms with Gasteiger partial charge in [-0.05, 0) is 24.8 Å². The minimum absolute atomic E-state index is 0.628. The van der Waals surface area contributed by atoms with Gasteiger partial charge in [-0.3, -0.25) is 0 Å². The zero-order valence-corrected chi connectivity index (χ0v) is 12.4. The standard InChI is InChI=1S/C14H15N5S/c1-9-5-4-6-11(10(9)8-15)17-13-7-12(16-2)18-14(19-13)20-3/h4-7H,1-3H3,(H2,16,17,18,19). The third-order valence-electron chi connectivity index (χ3n) is 2.79. The summed E-state index contributed by atoms with van der Waals surface area (Å²) in [6, 6.07) is 9.71. The van der Waals surface area contributed by atoms with Gasteiger partial charge >= 0.3 is 0 Å². The Bertz CT molecular complexity index is 641. The van der Waals surface area contributed by atoms with Crippen LogP contribution in [-0.4, -0.2) is 23.3 Å². The van der Waals surface area contributed by atoms with Gasteiger partial charge < -0.3 is 10.6 Å². The summed E-state index contributed by atoms with van der Waals surface area (Å²) in [5.74, 6) is 1.40. The number of anilines is 3. The number of aryl methyl sites for hydroxylation is 1. The van der Waals surface area contributed by atoms with Crippen molar-refractivity contribution in [2.75, 3.05) is 23.9 Å². The molecule has 0 amide bonds. The summed E-state index contributed by atoms with van der Waals surface area (Å²) in [6.07, 6.45) is 1.92. The van der Waals surface area contributed by atoms with Crippen LogP contribution in [0.3, 0.4) is 0 Å². The number of benzene rings is 1. The molecule has 102 valence electrons. The number of thioether (sulfide) groups is 1. The lowest BCUT2D eigenvalue weighted by molar-refractivity contribution is 0.977. The van der Waals surface area contributed by atoms with E-state index in [1.807, 2.05) is 44.5 Å². The third-order valence-corrected chi connectivity index (χ3v) is 3.34. The maximum Gasteiger partial charge on any atom is 0.191 e. The lowest BCUT2D eigenvalue weighted by Crippen LogP contribution is -2.02. The molecule has 0 saturated heterocycles. The summed E-state index contributed by atoms with van der Waals surface area (Å²) >= 11 is 1.47. The molecular formula is C14H15N5S. The van der Waals surface area contributed by atoms with E-state index in [0.717, 1.165) is 17.1 Å². The van der Waals surface area contributed by atoms with Gasteiger partial charge in [0, 0.05) is 13.1 Å². The Morgan fingerprint density at radius 2 is 2.00 bits per heavy atom. The van der Waals surface area contributed by atoms with Crippen LogP contribution in [-0.2, 0) is 0 Å². The molecule has 0 saturated carbocycles. The zero-order chi connectivity index (χ0) is 14.5. The minimum atomic E-state index is 0.628. The topological polar surface area (TPSA) is 73.6 Å². The summed E-state index contributed by atoms with van der Waals surface area (Å²) in [6.45, 7) is 1.91. The average molecular weight is 285 g/mol. The molecule has 0 spiro atoms. The van der Waals surface area contributed by atoms with Crippen LogP contribution in [0.15, 0.2) is 29.4 Å². The van der Waals surface area contributed by atoms with Crippen molar-refractivity contribution in [1.29, 1.82) is 5.26 Å². The van der Waals surface area contributed by atoms with E-state index in [1.165, 1.54) is 11.8 Å². The summed E-state index contributed by atoms with van der Waals surface area (Å²) < 4.78 is 0. The van der Waals surface area contributed by atoms with Gasteiger partial charge in [-0.2, -0.15) is 5.26 Å². The molecule has 2 rings (SSSR count). The number of hydrogen-bond donors (Lipinski definition) is 2. The molecule has 1 aromatic carbocycles. The molecule has 2 N–H and O–H groups in total. The van der Waals surface area contributed by atoms with Crippen LogP contribution in [0, 0.1) is 18.3 Å². The van der Waals surface area contributed by atoms with Crippen LogP contribution >= 0.6 is 11.8 Å². The Hall–Kier alpha value is -2.26. The molecule has 0 radical (unpaired) electrons. The van der Waals surface area contributed by atoms with E-state index in [0.29, 0.717) is 16.5 Å². The first-order valence-corrected chi connectivity index (χ1v) is 7.28. The molecule has 1 heterocycles. The van der Waals surface area contributed by atoms with Crippen LogP contribution in [0.2, 0.25) is 0 Å². The second-order valence-electron chi connectivity index (χ2n) is 4.11. The first kappa shape index (κ1) is 14.2. The van der Waals surface area contributed by atoms with E-state index >= 15 is 0 Å². The van der Waals surface area contributed by atoms with Gasteiger partial charge in [-0.15, -0.1) is 0 Å². The largest absolute Gasteiger partial charge is 0.373 e. The van der Waals surface area contributed by atoms with Crippen molar-refractivity contribution >= 4 is 29.1 Å². The van der Waals surface area contributed by atoms with E-state index in [9.17, 15) is 5.26 Å². The minimum Gasteiger partial charge on any atom is -0.373 e. The summed E-state index contributed by atoms with van der Waals surface area (Å²) in [7, 11) is 1.81. The van der Waals surface area contributed by atoms with Crippen LogP contribution < -0.4 is 10.6 Å². The summed E-state index contributed by atoms with van der Waals surface area (Å²) in [5.41, 5.74) is 2.31. The number of nitriles is 1. The van der Waals surface area contributed by atoms with Crippen molar-refractivity contribution in [3.05, 3.63) is 35.4 Å². The van der Waals surface area contributed by atoms with Gasteiger partial charge in [-0.25, -0.2) is 9.97 Å². The molecule has 0 aliphatic rings. The fraction of sp³-hybridized carbons (Fsp3) is 0.214. The molecule has 0 aliphatic heterocycles. The molecule has 0 bridgehead atoms. The first-order valence-electron chi connectivity index (χ1n) is 6.05. The van der Waals surface area contributed by atoms with Gasteiger partial charge in [0.2, 0.25) is 0 Å². The fourth-order valence-corrected chi connectivity index (χ4v) is 2.15. The van der Waals surface area contributed by atoms with Gasteiger partial charge in [-0.1, -0.05) is 23.9 Å². The SMILES string of the molecule is CNc1cc(Nc2cccc(C)c2C#N)nc(SC)n1. The van der Waals surface area contributed by atoms with Crippen molar-refractivity contribution in [3.8, 4) is 6.07 Å². The highest BCUT2D eigenvalue weighted by atomic mass is 32.2. The van der Waals surface area contributed by atoms with Gasteiger partial charge in [0.05, 0.1) is 11.3 Å². The van der Waals surface area contributed by atoms with Crippen molar-refractivity contribution in [2.24, 2.45) is 0 Å². The number of rotatable bonds is 4. The summed E-state index contributed by atoms with van der Waals surface area (Å²) in [4.78, 5) is 8.70. The molecule has 6 heteroatoms. The molecule has 5 nitrogen and oxygen atoms in total. The molecular weight excluding hydrogens is 270 g/mol. The maximum atomic E-state index is 9.24. The normalized spacial score (nSPS) is 9.90.